The Morgan fingerprint density at radius 1 is 1.11 bits per heavy atom. The third-order valence-electron chi connectivity index (χ3n) is 4.83. The lowest BCUT2D eigenvalue weighted by atomic mass is 10.1. The molecule has 0 bridgehead atoms. The average molecular weight is 388 g/mol. The molecule has 2 heterocycles. The largest absolute Gasteiger partial charge is 0.489 e. The summed E-state index contributed by atoms with van der Waals surface area (Å²) in [6, 6.07) is 13.1. The van der Waals surface area contributed by atoms with Crippen LogP contribution in [0, 0.1) is 5.92 Å². The van der Waals surface area contributed by atoms with E-state index in [0.29, 0.717) is 54.4 Å². The molecule has 0 aromatic heterocycles. The summed E-state index contributed by atoms with van der Waals surface area (Å²) in [4.78, 5) is 15.2. The average Bonchev–Trinajstić information content (AvgIpc) is 3.09. The summed E-state index contributed by atoms with van der Waals surface area (Å²) in [5, 5.41) is 0.398. The van der Waals surface area contributed by atoms with Crippen LogP contribution < -0.4 is 14.4 Å². The number of carbonyl (C=O) groups is 1. The first-order chi connectivity index (χ1) is 13.2. The van der Waals surface area contributed by atoms with Crippen LogP contribution in [-0.2, 0) is 4.74 Å². The molecule has 0 saturated carbocycles. The highest BCUT2D eigenvalue weighted by Gasteiger charge is 2.26. The van der Waals surface area contributed by atoms with Crippen LogP contribution in [0.1, 0.15) is 23.2 Å². The van der Waals surface area contributed by atoms with Gasteiger partial charge in [-0.1, -0.05) is 29.8 Å². The molecule has 0 spiro atoms. The Labute approximate surface area is 163 Å². The number of nitrogens with zero attached hydrogens (tertiary/aromatic N) is 1. The summed E-state index contributed by atoms with van der Waals surface area (Å²) in [6.07, 6.45) is 1.74. The fourth-order valence-electron chi connectivity index (χ4n) is 3.41. The minimum atomic E-state index is -0.106. The second-order valence-corrected chi connectivity index (χ2v) is 7.22. The number of amides is 1. The molecule has 1 atom stereocenters. The smallest absolute Gasteiger partial charge is 0.258 e. The van der Waals surface area contributed by atoms with Gasteiger partial charge in [0.05, 0.1) is 24.8 Å². The zero-order valence-electron chi connectivity index (χ0n) is 15.0. The normalized spacial score (nSPS) is 18.8. The number of rotatable bonds is 4. The maximum absolute atomic E-state index is 13.4. The van der Waals surface area contributed by atoms with E-state index in [9.17, 15) is 4.79 Å². The van der Waals surface area contributed by atoms with Crippen molar-refractivity contribution in [2.24, 2.45) is 5.92 Å². The molecule has 4 rings (SSSR count). The molecule has 1 fully saturated rings. The molecule has 6 heteroatoms. The highest BCUT2D eigenvalue weighted by Crippen LogP contribution is 2.38. The number of ether oxygens (including phenoxy) is 3. The lowest BCUT2D eigenvalue weighted by Gasteiger charge is -2.26. The number of para-hydroxylation sites is 1. The maximum Gasteiger partial charge on any atom is 0.258 e. The van der Waals surface area contributed by atoms with Crippen molar-refractivity contribution in [2.75, 3.05) is 37.9 Å². The van der Waals surface area contributed by atoms with Gasteiger partial charge < -0.3 is 19.1 Å². The molecule has 27 heavy (non-hydrogen) atoms. The van der Waals surface area contributed by atoms with Crippen molar-refractivity contribution in [1.82, 2.24) is 0 Å². The van der Waals surface area contributed by atoms with E-state index in [1.165, 1.54) is 0 Å². The number of halogens is 1. The fraction of sp³-hybridized carbons (Fsp3) is 0.381. The van der Waals surface area contributed by atoms with E-state index >= 15 is 0 Å². The van der Waals surface area contributed by atoms with E-state index in [0.717, 1.165) is 25.1 Å². The second-order valence-electron chi connectivity index (χ2n) is 6.82. The molecule has 2 aromatic rings. The van der Waals surface area contributed by atoms with E-state index in [2.05, 4.69) is 0 Å². The first-order valence-corrected chi connectivity index (χ1v) is 9.64. The summed E-state index contributed by atoms with van der Waals surface area (Å²) < 4.78 is 16.9. The Morgan fingerprint density at radius 3 is 2.70 bits per heavy atom. The molecule has 1 amide bonds. The summed E-state index contributed by atoms with van der Waals surface area (Å²) in [7, 11) is 0. The molecule has 2 aromatic carbocycles. The number of anilines is 1. The number of hydrogen-bond donors (Lipinski definition) is 0. The molecule has 142 valence electrons. The van der Waals surface area contributed by atoms with E-state index in [4.69, 9.17) is 25.8 Å². The first-order valence-electron chi connectivity index (χ1n) is 9.26. The second kappa shape index (κ2) is 8.19. The summed E-state index contributed by atoms with van der Waals surface area (Å²) in [5.74, 6) is 1.26. The summed E-state index contributed by atoms with van der Waals surface area (Å²) in [5.41, 5.74) is 1.35. The van der Waals surface area contributed by atoms with Crippen LogP contribution in [0.3, 0.4) is 0 Å². The van der Waals surface area contributed by atoms with Gasteiger partial charge in [0.25, 0.3) is 5.91 Å². The van der Waals surface area contributed by atoms with Crippen molar-refractivity contribution >= 4 is 23.2 Å². The van der Waals surface area contributed by atoms with E-state index in [1.807, 2.05) is 30.3 Å². The molecule has 0 aliphatic carbocycles. The van der Waals surface area contributed by atoms with Crippen LogP contribution in [0.5, 0.6) is 11.5 Å². The van der Waals surface area contributed by atoms with Gasteiger partial charge in [0.1, 0.15) is 0 Å². The third-order valence-corrected chi connectivity index (χ3v) is 5.11. The van der Waals surface area contributed by atoms with Gasteiger partial charge in [0, 0.05) is 36.7 Å². The lowest BCUT2D eigenvalue weighted by Crippen LogP contribution is -2.35. The van der Waals surface area contributed by atoms with E-state index < -0.39 is 0 Å². The number of carbonyl (C=O) groups excluding carboxylic acids is 1. The molecule has 5 nitrogen and oxygen atoms in total. The molecule has 0 N–H and O–H groups in total. The Morgan fingerprint density at radius 2 is 1.93 bits per heavy atom. The lowest BCUT2D eigenvalue weighted by molar-refractivity contribution is 0.0981. The summed E-state index contributed by atoms with van der Waals surface area (Å²) in [6.45, 7) is 3.13. The van der Waals surface area contributed by atoms with Crippen LogP contribution in [-0.4, -0.2) is 38.9 Å². The Bertz CT molecular complexity index is 805. The maximum atomic E-state index is 13.4. The van der Waals surface area contributed by atoms with Gasteiger partial charge >= 0.3 is 0 Å². The van der Waals surface area contributed by atoms with Crippen LogP contribution >= 0.6 is 11.6 Å². The van der Waals surface area contributed by atoms with Crippen LogP contribution in [0.15, 0.2) is 42.5 Å². The van der Waals surface area contributed by atoms with Gasteiger partial charge in [-0.15, -0.1) is 0 Å². The minimum absolute atomic E-state index is 0.106. The molecule has 2 aliphatic heterocycles. The predicted octanol–water partition coefficient (Wildman–Crippen LogP) is 4.18. The van der Waals surface area contributed by atoms with E-state index in [1.54, 1.807) is 17.0 Å². The van der Waals surface area contributed by atoms with Gasteiger partial charge in [0.15, 0.2) is 11.5 Å². The third kappa shape index (κ3) is 4.04. The first kappa shape index (κ1) is 18.1. The molecular formula is C21H22ClNO4. The van der Waals surface area contributed by atoms with Crippen molar-refractivity contribution in [2.45, 2.75) is 12.8 Å². The van der Waals surface area contributed by atoms with Gasteiger partial charge in [0.2, 0.25) is 0 Å². The zero-order valence-corrected chi connectivity index (χ0v) is 15.8. The number of benzene rings is 2. The van der Waals surface area contributed by atoms with Gasteiger partial charge in [-0.3, -0.25) is 4.79 Å². The Hall–Kier alpha value is -2.24. The van der Waals surface area contributed by atoms with E-state index in [-0.39, 0.29) is 5.91 Å². The minimum Gasteiger partial charge on any atom is -0.489 e. The molecule has 2 aliphatic rings. The Kier molecular flexibility index (Phi) is 5.50. The van der Waals surface area contributed by atoms with Crippen LogP contribution in [0.2, 0.25) is 5.02 Å². The monoisotopic (exact) mass is 387 g/mol. The van der Waals surface area contributed by atoms with Crippen molar-refractivity contribution in [3.63, 3.8) is 0 Å². The van der Waals surface area contributed by atoms with Crippen LogP contribution in [0.4, 0.5) is 5.69 Å². The fourth-order valence-corrected chi connectivity index (χ4v) is 3.67. The molecular weight excluding hydrogens is 366 g/mol. The van der Waals surface area contributed by atoms with Crippen molar-refractivity contribution in [3.8, 4) is 11.5 Å². The highest BCUT2D eigenvalue weighted by atomic mass is 35.5. The zero-order chi connectivity index (χ0) is 18.6. The standard InChI is InChI=1S/C21H22ClNO4/c22-18-11-16(12-19-20(18)27-9-4-8-26-19)21(24)23(13-15-7-10-25-14-15)17-5-2-1-3-6-17/h1-3,5-6,11-12,15H,4,7-10,13-14H2/t15-/m1/s1. The van der Waals surface area contributed by atoms with Crippen molar-refractivity contribution < 1.29 is 19.0 Å². The molecule has 1 saturated heterocycles. The van der Waals surface area contributed by atoms with Crippen molar-refractivity contribution in [3.05, 3.63) is 53.1 Å². The topological polar surface area (TPSA) is 48.0 Å². The van der Waals surface area contributed by atoms with Gasteiger partial charge in [-0.2, -0.15) is 0 Å². The quantitative estimate of drug-likeness (QED) is 0.789. The molecule has 0 radical (unpaired) electrons. The summed E-state index contributed by atoms with van der Waals surface area (Å²) >= 11 is 6.39. The van der Waals surface area contributed by atoms with Crippen LogP contribution in [0.25, 0.3) is 0 Å². The number of fused-ring (bicyclic) bond motifs is 1. The predicted molar refractivity (Wildman–Crippen MR) is 104 cm³/mol. The number of hydrogen-bond acceptors (Lipinski definition) is 4. The van der Waals surface area contributed by atoms with Crippen molar-refractivity contribution in [1.29, 1.82) is 0 Å². The highest BCUT2D eigenvalue weighted by molar-refractivity contribution is 6.32. The van der Waals surface area contributed by atoms with Gasteiger partial charge in [-0.25, -0.2) is 0 Å². The van der Waals surface area contributed by atoms with Gasteiger partial charge in [-0.05, 0) is 30.7 Å². The SMILES string of the molecule is O=C(c1cc(Cl)c2c(c1)OCCCO2)N(C[C@H]1CCOC1)c1ccccc1. The molecule has 0 unspecified atom stereocenters. The Balaban J connectivity index is 1.66.